The first-order chi connectivity index (χ1) is 13.2. The quantitative estimate of drug-likeness (QED) is 0.674. The molecule has 6 nitrogen and oxygen atoms in total. The molecule has 1 aromatic carbocycles. The van der Waals surface area contributed by atoms with Crippen molar-refractivity contribution in [3.63, 3.8) is 0 Å². The number of ether oxygens (including phenoxy) is 2. The van der Waals surface area contributed by atoms with Crippen LogP contribution < -0.4 is 9.47 Å². The van der Waals surface area contributed by atoms with E-state index in [1.54, 1.807) is 25.1 Å². The molecule has 1 unspecified atom stereocenters. The van der Waals surface area contributed by atoms with Crippen LogP contribution in [0.3, 0.4) is 0 Å². The topological polar surface area (TPSA) is 79.7 Å². The molecule has 0 bridgehead atoms. The molecule has 1 aliphatic rings. The van der Waals surface area contributed by atoms with Gasteiger partial charge in [-0.25, -0.2) is 4.98 Å². The number of fused-ring (bicyclic) bond motifs is 1. The van der Waals surface area contributed by atoms with E-state index in [-0.39, 0.29) is 6.61 Å². The minimum atomic E-state index is 0.189. The third-order valence-corrected chi connectivity index (χ3v) is 5.68. The summed E-state index contributed by atoms with van der Waals surface area (Å²) in [6, 6.07) is 9.68. The highest BCUT2D eigenvalue weighted by molar-refractivity contribution is 8.15. The molecule has 7 heteroatoms. The second-order valence-corrected chi connectivity index (χ2v) is 7.74. The van der Waals surface area contributed by atoms with Gasteiger partial charge in [-0.15, -0.1) is 0 Å². The number of methoxy groups -OCH3 is 1. The molecular formula is C20H21N3O3S. The van der Waals surface area contributed by atoms with Crippen LogP contribution in [0.2, 0.25) is 0 Å². The summed E-state index contributed by atoms with van der Waals surface area (Å²) in [7, 11) is 1.64. The summed E-state index contributed by atoms with van der Waals surface area (Å²) in [4.78, 5) is 12.3. The summed E-state index contributed by atoms with van der Waals surface area (Å²) in [6.45, 7) is 2.91. The summed E-state index contributed by atoms with van der Waals surface area (Å²) in [5, 5.41) is 11.4. The predicted molar refractivity (Wildman–Crippen MR) is 108 cm³/mol. The number of aliphatic hydroxyl groups is 1. The molecule has 0 spiro atoms. The van der Waals surface area contributed by atoms with E-state index in [0.717, 1.165) is 40.2 Å². The number of benzene rings is 1. The van der Waals surface area contributed by atoms with Gasteiger partial charge in [-0.2, -0.15) is 0 Å². The van der Waals surface area contributed by atoms with Crippen molar-refractivity contribution in [2.45, 2.75) is 18.6 Å². The van der Waals surface area contributed by atoms with Crippen LogP contribution in [0.25, 0.3) is 10.9 Å². The van der Waals surface area contributed by atoms with Crippen molar-refractivity contribution in [1.29, 1.82) is 0 Å². The number of aliphatic hydroxyl groups excluding tert-OH is 1. The zero-order chi connectivity index (χ0) is 18.8. The van der Waals surface area contributed by atoms with Gasteiger partial charge in [0.15, 0.2) is 0 Å². The number of hydrogen-bond acceptors (Lipinski definition) is 6. The van der Waals surface area contributed by atoms with Gasteiger partial charge in [0.1, 0.15) is 16.5 Å². The van der Waals surface area contributed by atoms with Crippen LogP contribution in [0.5, 0.6) is 17.4 Å². The molecule has 0 fully saturated rings. The zero-order valence-corrected chi connectivity index (χ0v) is 16.0. The summed E-state index contributed by atoms with van der Waals surface area (Å²) < 4.78 is 11.4. The summed E-state index contributed by atoms with van der Waals surface area (Å²) in [5.41, 5.74) is 2.95. The van der Waals surface area contributed by atoms with Crippen molar-refractivity contribution in [2.24, 2.45) is 4.99 Å². The van der Waals surface area contributed by atoms with Crippen molar-refractivity contribution in [3.8, 4) is 17.4 Å². The van der Waals surface area contributed by atoms with Gasteiger partial charge in [-0.1, -0.05) is 17.8 Å². The lowest BCUT2D eigenvalue weighted by molar-refractivity contribution is 0.288. The molecule has 1 aliphatic heterocycles. The normalized spacial score (nSPS) is 16.6. The number of aromatic amines is 1. The Balaban J connectivity index is 1.63. The minimum Gasteiger partial charge on any atom is -0.494 e. The van der Waals surface area contributed by atoms with Gasteiger partial charge >= 0.3 is 0 Å². The van der Waals surface area contributed by atoms with E-state index in [1.807, 2.05) is 31.2 Å². The van der Waals surface area contributed by atoms with Gasteiger partial charge in [-0.3, -0.25) is 4.99 Å². The number of nitrogens with one attached hydrogen (secondary N) is 1. The van der Waals surface area contributed by atoms with E-state index in [9.17, 15) is 0 Å². The average molecular weight is 383 g/mol. The standard InChI is InChI=1S/C20H21N3O3S/c1-12-3-4-18(21-10-12)26-14-7-13-8-16(23-19(13)17(9-14)25-2)20-22-11-15(27-20)5-6-24/h3-4,7-10,15,23-24H,5-6,11H2,1-2H3. The van der Waals surface area contributed by atoms with Crippen molar-refractivity contribution in [3.05, 3.63) is 47.8 Å². The van der Waals surface area contributed by atoms with Crippen molar-refractivity contribution >= 4 is 27.7 Å². The number of aliphatic imine (C=N–C) groups is 1. The fraction of sp³-hybridized carbons (Fsp3) is 0.300. The molecule has 2 N–H and O–H groups in total. The Morgan fingerprint density at radius 1 is 1.30 bits per heavy atom. The zero-order valence-electron chi connectivity index (χ0n) is 15.2. The van der Waals surface area contributed by atoms with Crippen LogP contribution in [0.15, 0.2) is 41.5 Å². The van der Waals surface area contributed by atoms with Crippen molar-refractivity contribution < 1.29 is 14.6 Å². The van der Waals surface area contributed by atoms with Crippen LogP contribution in [-0.2, 0) is 0 Å². The molecule has 0 saturated carbocycles. The Bertz CT molecular complexity index is 982. The maximum absolute atomic E-state index is 9.13. The van der Waals surface area contributed by atoms with E-state index in [0.29, 0.717) is 22.6 Å². The molecule has 27 heavy (non-hydrogen) atoms. The van der Waals surface area contributed by atoms with Crippen molar-refractivity contribution in [1.82, 2.24) is 9.97 Å². The molecular weight excluding hydrogens is 362 g/mol. The molecule has 0 aliphatic carbocycles. The highest BCUT2D eigenvalue weighted by Gasteiger charge is 2.22. The molecule has 3 heterocycles. The summed E-state index contributed by atoms with van der Waals surface area (Å²) in [5.74, 6) is 1.91. The molecule has 4 rings (SSSR count). The first-order valence-electron chi connectivity index (χ1n) is 8.80. The number of aryl methyl sites for hydroxylation is 1. The molecule has 0 radical (unpaired) electrons. The van der Waals surface area contributed by atoms with E-state index in [2.05, 4.69) is 21.0 Å². The lowest BCUT2D eigenvalue weighted by Gasteiger charge is -2.08. The van der Waals surface area contributed by atoms with Gasteiger partial charge in [0, 0.05) is 35.6 Å². The van der Waals surface area contributed by atoms with Gasteiger partial charge < -0.3 is 19.6 Å². The smallest absolute Gasteiger partial charge is 0.219 e. The van der Waals surface area contributed by atoms with E-state index < -0.39 is 0 Å². The number of nitrogens with zero attached hydrogens (tertiary/aromatic N) is 2. The number of H-pyrrole nitrogens is 1. The Kier molecular flexibility index (Phi) is 5.05. The Labute approximate surface area is 161 Å². The minimum absolute atomic E-state index is 0.189. The number of hydrogen-bond donors (Lipinski definition) is 2. The monoisotopic (exact) mass is 383 g/mol. The molecule has 140 valence electrons. The van der Waals surface area contributed by atoms with E-state index >= 15 is 0 Å². The second-order valence-electron chi connectivity index (χ2n) is 6.45. The van der Waals surface area contributed by atoms with Gasteiger partial charge in [0.25, 0.3) is 0 Å². The molecule has 1 atom stereocenters. The van der Waals surface area contributed by atoms with Crippen LogP contribution >= 0.6 is 11.8 Å². The van der Waals surface area contributed by atoms with Crippen LogP contribution in [0.1, 0.15) is 17.7 Å². The summed E-state index contributed by atoms with van der Waals surface area (Å²) >= 11 is 1.70. The van der Waals surface area contributed by atoms with E-state index in [4.69, 9.17) is 14.6 Å². The van der Waals surface area contributed by atoms with Crippen LogP contribution in [0.4, 0.5) is 0 Å². The van der Waals surface area contributed by atoms with Gasteiger partial charge in [0.2, 0.25) is 5.88 Å². The van der Waals surface area contributed by atoms with Gasteiger partial charge in [-0.05, 0) is 31.0 Å². The second kappa shape index (κ2) is 7.62. The highest BCUT2D eigenvalue weighted by atomic mass is 32.2. The van der Waals surface area contributed by atoms with Crippen molar-refractivity contribution in [2.75, 3.05) is 20.3 Å². The van der Waals surface area contributed by atoms with Crippen LogP contribution in [0, 0.1) is 6.92 Å². The number of pyridine rings is 1. The SMILES string of the molecule is COc1cc(Oc2ccc(C)cn2)cc2cc(C3=NCC(CCO)S3)[nH]c12. The van der Waals surface area contributed by atoms with E-state index in [1.165, 1.54) is 0 Å². The Hall–Kier alpha value is -2.51. The largest absolute Gasteiger partial charge is 0.494 e. The molecule has 3 aromatic rings. The predicted octanol–water partition coefficient (Wildman–Crippen LogP) is 3.92. The Morgan fingerprint density at radius 3 is 2.93 bits per heavy atom. The molecule has 2 aromatic heterocycles. The third-order valence-electron chi connectivity index (χ3n) is 4.39. The molecule has 0 amide bonds. The third kappa shape index (κ3) is 3.79. The molecule has 0 saturated heterocycles. The fourth-order valence-electron chi connectivity index (χ4n) is 3.02. The number of thioether (sulfide) groups is 1. The summed E-state index contributed by atoms with van der Waals surface area (Å²) in [6.07, 6.45) is 2.53. The lowest BCUT2D eigenvalue weighted by Crippen LogP contribution is -2.05. The number of aromatic nitrogens is 2. The number of rotatable bonds is 6. The first-order valence-corrected chi connectivity index (χ1v) is 9.68. The fourth-order valence-corrected chi connectivity index (χ4v) is 4.09. The average Bonchev–Trinajstić information content (AvgIpc) is 3.30. The maximum Gasteiger partial charge on any atom is 0.219 e. The first kappa shape index (κ1) is 17.9. The van der Waals surface area contributed by atoms with Gasteiger partial charge in [0.05, 0.1) is 24.9 Å². The van der Waals surface area contributed by atoms with Crippen LogP contribution in [-0.4, -0.2) is 45.6 Å². The Morgan fingerprint density at radius 2 is 2.19 bits per heavy atom. The highest BCUT2D eigenvalue weighted by Crippen LogP contribution is 2.35. The maximum atomic E-state index is 9.13. The lowest BCUT2D eigenvalue weighted by atomic mass is 10.2.